The first-order chi connectivity index (χ1) is 23.1. The van der Waals surface area contributed by atoms with Crippen molar-refractivity contribution in [2.45, 2.75) is 19.3 Å². The van der Waals surface area contributed by atoms with E-state index >= 15 is 0 Å². The molecule has 0 bridgehead atoms. The second-order valence-electron chi connectivity index (χ2n) is 13.7. The van der Waals surface area contributed by atoms with E-state index in [9.17, 15) is 0 Å². The van der Waals surface area contributed by atoms with E-state index in [1.807, 2.05) is 0 Å². The van der Waals surface area contributed by atoms with Crippen LogP contribution in [0.4, 0.5) is 0 Å². The lowest BCUT2D eigenvalue weighted by Crippen LogP contribution is -2.14. The zero-order chi connectivity index (χ0) is 31.3. The molecule has 0 nitrogen and oxygen atoms in total. The molecule has 1 aliphatic rings. The van der Waals surface area contributed by atoms with Gasteiger partial charge in [-0.05, 0) is 111 Å². The molecule has 0 saturated carbocycles. The minimum atomic E-state index is -0.0661. The minimum absolute atomic E-state index is 0.0661. The van der Waals surface area contributed by atoms with Crippen molar-refractivity contribution in [3.63, 3.8) is 0 Å². The van der Waals surface area contributed by atoms with Gasteiger partial charge in [-0.1, -0.05) is 159 Å². The van der Waals surface area contributed by atoms with Crippen molar-refractivity contribution in [3.8, 4) is 33.4 Å². The molecular formula is C47H32. The maximum absolute atomic E-state index is 2.49. The van der Waals surface area contributed by atoms with E-state index in [1.54, 1.807) is 0 Å². The molecule has 0 aromatic heterocycles. The van der Waals surface area contributed by atoms with Crippen molar-refractivity contribution in [2.24, 2.45) is 0 Å². The fourth-order valence-corrected chi connectivity index (χ4v) is 8.58. The van der Waals surface area contributed by atoms with Gasteiger partial charge in [0.1, 0.15) is 0 Å². The fourth-order valence-electron chi connectivity index (χ4n) is 8.58. The summed E-state index contributed by atoms with van der Waals surface area (Å²) in [4.78, 5) is 0. The first kappa shape index (κ1) is 26.5. The maximum atomic E-state index is 2.49. The quantitative estimate of drug-likeness (QED) is 0.138. The Morgan fingerprint density at radius 3 is 1.68 bits per heavy atom. The van der Waals surface area contributed by atoms with Crippen LogP contribution < -0.4 is 0 Å². The third-order valence-corrected chi connectivity index (χ3v) is 10.8. The molecule has 0 heterocycles. The zero-order valence-corrected chi connectivity index (χ0v) is 26.5. The standard InChI is InChI=1S/C47H32/c1-47(2)42-18-10-9-15-36(42)37-25-24-33(28-43(37)47)45-39-17-8-7-16-38(39)44(40-26-23-30-12-4-6-14-35(30)46(40)45)32-22-21-31-20-19-29-11-3-5-13-34(29)41(31)27-32/h3-28H,1-2H3. The maximum Gasteiger partial charge on any atom is 0.0159 e. The molecule has 9 aromatic carbocycles. The Labute approximate surface area is 274 Å². The van der Waals surface area contributed by atoms with Crippen molar-refractivity contribution >= 4 is 53.9 Å². The van der Waals surface area contributed by atoms with Crippen LogP contribution in [0.5, 0.6) is 0 Å². The van der Waals surface area contributed by atoms with Gasteiger partial charge in [-0.2, -0.15) is 0 Å². The Hall–Kier alpha value is -5.72. The van der Waals surface area contributed by atoms with Crippen LogP contribution in [0.15, 0.2) is 158 Å². The van der Waals surface area contributed by atoms with Gasteiger partial charge in [-0.15, -0.1) is 0 Å². The molecule has 10 rings (SSSR count). The molecule has 1 aliphatic carbocycles. The highest BCUT2D eigenvalue weighted by atomic mass is 14.4. The van der Waals surface area contributed by atoms with E-state index in [2.05, 4.69) is 172 Å². The van der Waals surface area contributed by atoms with Crippen LogP contribution in [0.25, 0.3) is 87.2 Å². The van der Waals surface area contributed by atoms with Crippen molar-refractivity contribution in [1.29, 1.82) is 0 Å². The van der Waals surface area contributed by atoms with Gasteiger partial charge in [0.2, 0.25) is 0 Å². The predicted molar refractivity (Wildman–Crippen MR) is 202 cm³/mol. The van der Waals surface area contributed by atoms with Crippen molar-refractivity contribution in [1.82, 2.24) is 0 Å². The highest BCUT2D eigenvalue weighted by Gasteiger charge is 2.35. The van der Waals surface area contributed by atoms with E-state index in [0.717, 1.165) is 0 Å². The van der Waals surface area contributed by atoms with E-state index < -0.39 is 0 Å². The topological polar surface area (TPSA) is 0 Å². The Balaban J connectivity index is 1.34. The Kier molecular flexibility index (Phi) is 5.44. The summed E-state index contributed by atoms with van der Waals surface area (Å²) in [5.74, 6) is 0. The number of fused-ring (bicyclic) bond motifs is 10. The van der Waals surface area contributed by atoms with Gasteiger partial charge in [0.15, 0.2) is 0 Å². The Bertz CT molecular complexity index is 2760. The van der Waals surface area contributed by atoms with Crippen molar-refractivity contribution in [3.05, 3.63) is 169 Å². The summed E-state index contributed by atoms with van der Waals surface area (Å²) in [5.41, 5.74) is 10.6. The SMILES string of the molecule is CC1(C)c2ccccc2-c2ccc(-c3c4ccccc4c(-c4ccc5ccc6ccccc6c5c4)c4ccc5ccccc5c34)cc21. The molecular weight excluding hydrogens is 565 g/mol. The van der Waals surface area contributed by atoms with Crippen molar-refractivity contribution < 1.29 is 0 Å². The van der Waals surface area contributed by atoms with Gasteiger partial charge >= 0.3 is 0 Å². The molecule has 0 fully saturated rings. The minimum Gasteiger partial charge on any atom is -0.0619 e. The second-order valence-corrected chi connectivity index (χ2v) is 13.7. The van der Waals surface area contributed by atoms with Gasteiger partial charge in [-0.3, -0.25) is 0 Å². The van der Waals surface area contributed by atoms with Gasteiger partial charge < -0.3 is 0 Å². The molecule has 0 atom stereocenters. The normalized spacial score (nSPS) is 13.5. The third-order valence-electron chi connectivity index (χ3n) is 10.8. The molecule has 0 aliphatic heterocycles. The number of hydrogen-bond donors (Lipinski definition) is 0. The largest absolute Gasteiger partial charge is 0.0619 e. The summed E-state index contributed by atoms with van der Waals surface area (Å²) in [7, 11) is 0. The average Bonchev–Trinajstić information content (AvgIpc) is 3.35. The molecule has 9 aromatic rings. The van der Waals surface area contributed by atoms with Crippen LogP contribution in [0.1, 0.15) is 25.0 Å². The lowest BCUT2D eigenvalue weighted by molar-refractivity contribution is 0.660. The fraction of sp³-hybridized carbons (Fsp3) is 0.0638. The molecule has 0 saturated heterocycles. The predicted octanol–water partition coefficient (Wildman–Crippen LogP) is 13.1. The number of rotatable bonds is 2. The van der Waals surface area contributed by atoms with Crippen LogP contribution in [-0.2, 0) is 5.41 Å². The van der Waals surface area contributed by atoms with Crippen LogP contribution in [0.3, 0.4) is 0 Å². The van der Waals surface area contributed by atoms with Crippen LogP contribution in [0.2, 0.25) is 0 Å². The smallest absolute Gasteiger partial charge is 0.0159 e. The Morgan fingerprint density at radius 2 is 0.872 bits per heavy atom. The van der Waals surface area contributed by atoms with Gasteiger partial charge in [0.25, 0.3) is 0 Å². The highest BCUT2D eigenvalue weighted by molar-refractivity contribution is 6.28. The lowest BCUT2D eigenvalue weighted by Gasteiger charge is -2.23. The van der Waals surface area contributed by atoms with E-state index in [-0.39, 0.29) is 5.41 Å². The van der Waals surface area contributed by atoms with E-state index in [0.29, 0.717) is 0 Å². The summed E-state index contributed by atoms with van der Waals surface area (Å²) >= 11 is 0. The zero-order valence-electron chi connectivity index (χ0n) is 26.5. The molecule has 0 amide bonds. The molecule has 0 unspecified atom stereocenters. The first-order valence-corrected chi connectivity index (χ1v) is 16.6. The van der Waals surface area contributed by atoms with E-state index in [4.69, 9.17) is 0 Å². The number of benzene rings is 9. The van der Waals surface area contributed by atoms with Crippen LogP contribution >= 0.6 is 0 Å². The Morgan fingerprint density at radius 1 is 0.340 bits per heavy atom. The van der Waals surface area contributed by atoms with Crippen molar-refractivity contribution in [2.75, 3.05) is 0 Å². The summed E-state index contributed by atoms with van der Waals surface area (Å²) in [6, 6.07) is 59.0. The summed E-state index contributed by atoms with van der Waals surface area (Å²) in [6.07, 6.45) is 0. The van der Waals surface area contributed by atoms with Gasteiger partial charge in [0, 0.05) is 5.41 Å². The highest BCUT2D eigenvalue weighted by Crippen LogP contribution is 2.52. The second kappa shape index (κ2) is 9.64. The van der Waals surface area contributed by atoms with Gasteiger partial charge in [-0.25, -0.2) is 0 Å². The molecule has 47 heavy (non-hydrogen) atoms. The summed E-state index contributed by atoms with van der Waals surface area (Å²) < 4.78 is 0. The molecule has 0 heteroatoms. The monoisotopic (exact) mass is 596 g/mol. The average molecular weight is 597 g/mol. The molecule has 0 radical (unpaired) electrons. The molecule has 220 valence electrons. The lowest BCUT2D eigenvalue weighted by atomic mass is 9.80. The number of hydrogen-bond acceptors (Lipinski definition) is 0. The van der Waals surface area contributed by atoms with Crippen LogP contribution in [-0.4, -0.2) is 0 Å². The van der Waals surface area contributed by atoms with Gasteiger partial charge in [0.05, 0.1) is 0 Å². The third kappa shape index (κ3) is 3.70. The summed E-state index contributed by atoms with van der Waals surface area (Å²) in [6.45, 7) is 4.75. The van der Waals surface area contributed by atoms with Crippen LogP contribution in [0, 0.1) is 0 Å². The molecule has 0 spiro atoms. The summed E-state index contributed by atoms with van der Waals surface area (Å²) in [5, 5.41) is 12.9. The van der Waals surface area contributed by atoms with E-state index in [1.165, 1.54) is 98.4 Å². The first-order valence-electron chi connectivity index (χ1n) is 16.6. The molecule has 0 N–H and O–H groups in total.